The van der Waals surface area contributed by atoms with Crippen molar-refractivity contribution in [1.29, 1.82) is 0 Å². The first-order valence-electron chi connectivity index (χ1n) is 9.52. The summed E-state index contributed by atoms with van der Waals surface area (Å²) in [7, 11) is 0. The number of phenolic OH excluding ortho intramolecular Hbond substituents is 1. The van der Waals surface area contributed by atoms with Crippen molar-refractivity contribution in [1.82, 2.24) is 14.7 Å². The summed E-state index contributed by atoms with van der Waals surface area (Å²) in [6.07, 6.45) is 0.945. The third-order valence-corrected chi connectivity index (χ3v) is 4.99. The fraction of sp³-hybridized carbons (Fsp3) is 0.273. The Morgan fingerprint density at radius 2 is 1.96 bits per heavy atom. The number of fused-ring (bicyclic) bond motifs is 1. The Hall–Kier alpha value is -3.12. The molecular weight excluding hydrogens is 352 g/mol. The Labute approximate surface area is 164 Å². The van der Waals surface area contributed by atoms with E-state index in [1.54, 1.807) is 6.07 Å². The minimum atomic E-state index is -0.199. The van der Waals surface area contributed by atoms with Gasteiger partial charge in [-0.05, 0) is 37.6 Å². The zero-order valence-corrected chi connectivity index (χ0v) is 15.9. The lowest BCUT2D eigenvalue weighted by atomic mass is 10.1. The molecule has 144 valence electrons. The second-order valence-electron chi connectivity index (χ2n) is 7.26. The molecule has 6 heteroatoms. The van der Waals surface area contributed by atoms with Gasteiger partial charge in [-0.1, -0.05) is 35.9 Å². The highest BCUT2D eigenvalue weighted by molar-refractivity contribution is 6.02. The van der Waals surface area contributed by atoms with Crippen LogP contribution in [0.5, 0.6) is 5.75 Å². The number of benzene rings is 2. The van der Waals surface area contributed by atoms with Gasteiger partial charge in [-0.2, -0.15) is 5.10 Å². The number of hydrogen-bond acceptors (Lipinski definition) is 4. The van der Waals surface area contributed by atoms with Gasteiger partial charge in [0.25, 0.3) is 5.91 Å². The van der Waals surface area contributed by atoms with Crippen molar-refractivity contribution in [2.75, 3.05) is 11.9 Å². The average molecular weight is 376 g/mol. The molecule has 0 radical (unpaired) electrons. The van der Waals surface area contributed by atoms with E-state index in [9.17, 15) is 9.90 Å². The summed E-state index contributed by atoms with van der Waals surface area (Å²) in [5.41, 5.74) is 4.26. The Balaban J connectivity index is 1.49. The fourth-order valence-electron chi connectivity index (χ4n) is 3.57. The Kier molecular flexibility index (Phi) is 5.12. The highest BCUT2D eigenvalue weighted by Crippen LogP contribution is 2.23. The number of amides is 1. The van der Waals surface area contributed by atoms with Gasteiger partial charge in [0.15, 0.2) is 5.69 Å². The number of aromatic nitrogens is 2. The van der Waals surface area contributed by atoms with Gasteiger partial charge in [0.1, 0.15) is 5.75 Å². The van der Waals surface area contributed by atoms with Crippen LogP contribution in [0.3, 0.4) is 0 Å². The maximum Gasteiger partial charge on any atom is 0.276 e. The van der Waals surface area contributed by atoms with Gasteiger partial charge in [-0.15, -0.1) is 0 Å². The van der Waals surface area contributed by atoms with Gasteiger partial charge < -0.3 is 10.4 Å². The smallest absolute Gasteiger partial charge is 0.276 e. The van der Waals surface area contributed by atoms with E-state index in [0.29, 0.717) is 24.5 Å². The molecule has 28 heavy (non-hydrogen) atoms. The molecule has 2 N–H and O–H groups in total. The van der Waals surface area contributed by atoms with Crippen molar-refractivity contribution in [3.05, 3.63) is 77.1 Å². The van der Waals surface area contributed by atoms with E-state index < -0.39 is 0 Å². The number of aryl methyl sites for hydroxylation is 2. The maximum absolute atomic E-state index is 12.5. The van der Waals surface area contributed by atoms with E-state index in [0.717, 1.165) is 42.0 Å². The second kappa shape index (κ2) is 7.86. The number of rotatable bonds is 4. The number of aromatic hydroxyl groups is 1. The molecule has 0 spiro atoms. The number of hydrogen-bond donors (Lipinski definition) is 2. The lowest BCUT2D eigenvalue weighted by Crippen LogP contribution is -2.23. The molecule has 0 saturated carbocycles. The van der Waals surface area contributed by atoms with Crippen LogP contribution in [0.1, 0.15) is 33.7 Å². The van der Waals surface area contributed by atoms with Crippen LogP contribution in [0.2, 0.25) is 0 Å². The lowest BCUT2D eigenvalue weighted by Gasteiger charge is -2.20. The zero-order valence-electron chi connectivity index (χ0n) is 15.9. The number of carbonyl (C=O) groups excluding carboxylic acids is 1. The quantitative estimate of drug-likeness (QED) is 0.730. The molecular formula is C22H24N4O2. The molecule has 2 aromatic carbocycles. The van der Waals surface area contributed by atoms with Crippen LogP contribution in [-0.2, 0) is 19.6 Å². The third kappa shape index (κ3) is 4.07. The zero-order chi connectivity index (χ0) is 19.5. The highest BCUT2D eigenvalue weighted by atomic mass is 16.3. The lowest BCUT2D eigenvalue weighted by molar-refractivity contribution is 0.102. The summed E-state index contributed by atoms with van der Waals surface area (Å²) < 4.78 is 1.93. The summed E-state index contributed by atoms with van der Waals surface area (Å²) in [6, 6.07) is 16.9. The maximum atomic E-state index is 12.5. The van der Waals surface area contributed by atoms with Crippen LogP contribution in [0.25, 0.3) is 0 Å². The van der Waals surface area contributed by atoms with Crippen LogP contribution in [-0.4, -0.2) is 32.2 Å². The molecule has 1 amide bonds. The predicted molar refractivity (Wildman–Crippen MR) is 108 cm³/mol. The molecule has 0 unspecified atom stereocenters. The average Bonchev–Trinajstić information content (AvgIpc) is 2.99. The van der Waals surface area contributed by atoms with Crippen LogP contribution in [0.15, 0.2) is 54.6 Å². The Morgan fingerprint density at radius 1 is 1.14 bits per heavy atom. The van der Waals surface area contributed by atoms with Gasteiger partial charge in [-0.25, -0.2) is 0 Å². The molecule has 1 aliphatic heterocycles. The summed E-state index contributed by atoms with van der Waals surface area (Å²) >= 11 is 0. The number of nitrogens with zero attached hydrogens (tertiary/aromatic N) is 3. The van der Waals surface area contributed by atoms with Gasteiger partial charge in [0.05, 0.1) is 5.69 Å². The molecule has 4 rings (SSSR count). The second-order valence-corrected chi connectivity index (χ2v) is 7.26. The number of para-hydroxylation sites is 1. The molecule has 1 aliphatic rings. The topological polar surface area (TPSA) is 70.4 Å². The molecule has 2 heterocycles. The first-order valence-corrected chi connectivity index (χ1v) is 9.52. The number of nitrogens with one attached hydrogen (secondary N) is 1. The van der Waals surface area contributed by atoms with E-state index >= 15 is 0 Å². The Morgan fingerprint density at radius 3 is 2.79 bits per heavy atom. The minimum Gasteiger partial charge on any atom is -0.508 e. The highest BCUT2D eigenvalue weighted by Gasteiger charge is 2.20. The molecule has 0 saturated heterocycles. The van der Waals surface area contributed by atoms with Gasteiger partial charge in [0, 0.05) is 37.4 Å². The summed E-state index contributed by atoms with van der Waals surface area (Å²) in [5.74, 6) is 0.126. The summed E-state index contributed by atoms with van der Waals surface area (Å²) in [4.78, 5) is 14.8. The van der Waals surface area contributed by atoms with Gasteiger partial charge >= 0.3 is 0 Å². The standard InChI is InChI=1S/C22H24N4O2/c1-16-8-9-21(27)17(12-16)14-25-10-5-11-26-19(15-25)13-20(24-26)22(28)23-18-6-3-2-4-7-18/h2-4,6-9,12-13,27H,5,10-11,14-15H2,1H3,(H,23,28). The molecule has 1 aromatic heterocycles. The molecule has 0 aliphatic carbocycles. The summed E-state index contributed by atoms with van der Waals surface area (Å²) in [6.45, 7) is 5.09. The van der Waals surface area contributed by atoms with Crippen molar-refractivity contribution in [3.63, 3.8) is 0 Å². The van der Waals surface area contributed by atoms with Crippen molar-refractivity contribution in [3.8, 4) is 5.75 Å². The summed E-state index contributed by atoms with van der Waals surface area (Å²) in [5, 5.41) is 17.5. The van der Waals surface area contributed by atoms with Gasteiger partial charge in [0.2, 0.25) is 0 Å². The van der Waals surface area contributed by atoms with E-state index in [1.807, 2.05) is 60.1 Å². The normalized spacial score (nSPS) is 14.3. The number of phenols is 1. The van der Waals surface area contributed by atoms with Gasteiger partial charge in [-0.3, -0.25) is 14.4 Å². The number of carbonyl (C=O) groups is 1. The van der Waals surface area contributed by atoms with Crippen molar-refractivity contribution in [2.24, 2.45) is 0 Å². The predicted octanol–water partition coefficient (Wildman–Crippen LogP) is 3.56. The van der Waals surface area contributed by atoms with E-state index in [4.69, 9.17) is 0 Å². The largest absolute Gasteiger partial charge is 0.508 e. The van der Waals surface area contributed by atoms with Crippen LogP contribution >= 0.6 is 0 Å². The van der Waals surface area contributed by atoms with E-state index in [2.05, 4.69) is 15.3 Å². The third-order valence-electron chi connectivity index (χ3n) is 4.99. The number of anilines is 1. The van der Waals surface area contributed by atoms with Crippen LogP contribution < -0.4 is 5.32 Å². The van der Waals surface area contributed by atoms with Crippen molar-refractivity contribution in [2.45, 2.75) is 33.0 Å². The Bertz CT molecular complexity index is 981. The molecule has 6 nitrogen and oxygen atoms in total. The van der Waals surface area contributed by atoms with Crippen molar-refractivity contribution >= 4 is 11.6 Å². The molecule has 0 bridgehead atoms. The van der Waals surface area contributed by atoms with Crippen LogP contribution in [0.4, 0.5) is 5.69 Å². The van der Waals surface area contributed by atoms with Crippen LogP contribution in [0, 0.1) is 6.92 Å². The van der Waals surface area contributed by atoms with Crippen molar-refractivity contribution < 1.29 is 9.90 Å². The van der Waals surface area contributed by atoms with E-state index in [-0.39, 0.29) is 5.91 Å². The fourth-order valence-corrected chi connectivity index (χ4v) is 3.57. The molecule has 0 atom stereocenters. The van der Waals surface area contributed by atoms with E-state index in [1.165, 1.54) is 0 Å². The monoisotopic (exact) mass is 376 g/mol. The minimum absolute atomic E-state index is 0.199. The first kappa shape index (κ1) is 18.3. The molecule has 0 fully saturated rings. The first-order chi connectivity index (χ1) is 13.6. The SMILES string of the molecule is Cc1ccc(O)c(CN2CCCn3nc(C(=O)Nc4ccccc4)cc3C2)c1. The molecule has 3 aromatic rings.